The summed E-state index contributed by atoms with van der Waals surface area (Å²) in [7, 11) is 0. The zero-order chi connectivity index (χ0) is 44.5. The highest BCUT2D eigenvalue weighted by Gasteiger charge is 2.56. The molecule has 0 aromatic heterocycles. The van der Waals surface area contributed by atoms with Gasteiger partial charge in [-0.15, -0.1) is 0 Å². The Morgan fingerprint density at radius 2 is 1.68 bits per heavy atom. The molecule has 4 aliphatic rings. The van der Waals surface area contributed by atoms with Crippen LogP contribution in [0.3, 0.4) is 0 Å². The first-order chi connectivity index (χ1) is 28.3. The average Bonchev–Trinajstić information content (AvgIpc) is 3.81. The number of nitrogens with one attached hydrogen (secondary N) is 2. The number of amides is 1. The molecule has 0 aromatic carbocycles. The normalized spacial score (nSPS) is 32.2. The van der Waals surface area contributed by atoms with Crippen molar-refractivity contribution in [1.82, 2.24) is 10.2 Å². The summed E-state index contributed by atoms with van der Waals surface area (Å²) < 4.78 is 0. The molecule has 2 aliphatic carbocycles. The number of likely N-dealkylation sites (tertiary alicyclic amines) is 1. The van der Waals surface area contributed by atoms with Crippen molar-refractivity contribution in [3.8, 4) is 0 Å². The maximum atomic E-state index is 12.8. The van der Waals surface area contributed by atoms with Gasteiger partial charge in [-0.05, 0) is 101 Å². The Labute approximate surface area is 355 Å². The highest BCUT2D eigenvalue weighted by Crippen LogP contribution is 2.58. The molecular weight excluding hydrogens is 769 g/mol. The van der Waals surface area contributed by atoms with Gasteiger partial charge in [-0.3, -0.25) is 15.0 Å². The van der Waals surface area contributed by atoms with Crippen LogP contribution in [0.2, 0.25) is 0 Å². The van der Waals surface area contributed by atoms with Crippen molar-refractivity contribution in [2.75, 3.05) is 13.1 Å². The number of hydrogen-bond donors (Lipinski definition) is 11. The predicted octanol–water partition coefficient (Wildman–Crippen LogP) is 3.22. The molecule has 1 saturated carbocycles. The Hall–Kier alpha value is -3.63. The summed E-state index contributed by atoms with van der Waals surface area (Å²) in [6.45, 7) is 9.83. The van der Waals surface area contributed by atoms with Gasteiger partial charge in [0.1, 0.15) is 11.3 Å². The van der Waals surface area contributed by atoms with E-state index in [0.717, 1.165) is 25.0 Å². The van der Waals surface area contributed by atoms with Crippen LogP contribution in [0.1, 0.15) is 98.8 Å². The number of nitrogens with two attached hydrogens (primary N) is 1. The largest absolute Gasteiger partial charge is 0.511 e. The Balaban J connectivity index is 1.26. The fourth-order valence-electron chi connectivity index (χ4n) is 9.89. The number of hydrogen-bond acceptors (Lipinski definition) is 11. The van der Waals surface area contributed by atoms with Gasteiger partial charge in [-0.2, -0.15) is 0 Å². The van der Waals surface area contributed by atoms with Crippen LogP contribution in [0, 0.1) is 40.4 Å². The number of carbonyl (C=O) groups is 2. The van der Waals surface area contributed by atoms with Crippen molar-refractivity contribution in [1.29, 1.82) is 5.41 Å². The average molecular weight is 841 g/mol. The van der Waals surface area contributed by atoms with Crippen LogP contribution in [0.5, 0.6) is 0 Å². The van der Waals surface area contributed by atoms with Crippen LogP contribution < -0.4 is 11.1 Å². The van der Waals surface area contributed by atoms with Gasteiger partial charge in [0.05, 0.1) is 49.3 Å². The van der Waals surface area contributed by atoms with Gasteiger partial charge < -0.3 is 56.8 Å². The van der Waals surface area contributed by atoms with E-state index in [-0.39, 0.29) is 66.4 Å². The molecule has 0 radical (unpaired) electrons. The molecule has 1 amide bonds. The smallest absolute Gasteiger partial charge is 0.258 e. The molecule has 14 nitrogen and oxygen atoms in total. The van der Waals surface area contributed by atoms with Crippen LogP contribution in [-0.2, 0) is 9.59 Å². The zero-order valence-corrected chi connectivity index (χ0v) is 36.0. The number of aliphatic hydroxyl groups is 8. The second-order valence-electron chi connectivity index (χ2n) is 18.0. The van der Waals surface area contributed by atoms with Crippen molar-refractivity contribution in [2.45, 2.75) is 148 Å². The number of carbonyl (C=O) groups excluding carboxylic acids is 2. The molecule has 14 heteroatoms. The third kappa shape index (κ3) is 12.0. The second kappa shape index (κ2) is 21.9. The van der Waals surface area contributed by atoms with Crippen molar-refractivity contribution in [3.05, 3.63) is 71.1 Å². The number of ketones is 1. The predicted molar refractivity (Wildman–Crippen MR) is 230 cm³/mol. The first kappa shape index (κ1) is 49.0. The van der Waals surface area contributed by atoms with E-state index < -0.39 is 65.8 Å². The summed E-state index contributed by atoms with van der Waals surface area (Å²) in [6, 6.07) is 0.0535. The Morgan fingerprint density at radius 1 is 1.00 bits per heavy atom. The molecule has 0 spiro atoms. The molecule has 2 aliphatic heterocycles. The van der Waals surface area contributed by atoms with Gasteiger partial charge >= 0.3 is 0 Å². The molecule has 12 N–H and O–H groups in total. The summed E-state index contributed by atoms with van der Waals surface area (Å²) in [4.78, 5) is 27.3. The monoisotopic (exact) mass is 841 g/mol. The lowest BCUT2D eigenvalue weighted by Crippen LogP contribution is -2.53. The Kier molecular flexibility index (Phi) is 17.9. The summed E-state index contributed by atoms with van der Waals surface area (Å²) in [5.41, 5.74) is 5.87. The first-order valence-electron chi connectivity index (χ1n) is 21.8. The van der Waals surface area contributed by atoms with E-state index >= 15 is 0 Å². The number of allylic oxidation sites excluding steroid dienone is 2. The van der Waals surface area contributed by atoms with E-state index in [2.05, 4.69) is 5.32 Å². The zero-order valence-electron chi connectivity index (χ0n) is 36.0. The number of rotatable bonds is 19. The number of fused-ring (bicyclic) bond motifs is 1. The van der Waals surface area contributed by atoms with E-state index in [4.69, 9.17) is 11.1 Å². The molecule has 14 atom stereocenters. The van der Waals surface area contributed by atoms with E-state index in [1.54, 1.807) is 49.5 Å². The fraction of sp³-hybridized carbons (Fsp3) is 0.674. The second-order valence-corrected chi connectivity index (χ2v) is 18.0. The van der Waals surface area contributed by atoms with Crippen molar-refractivity contribution < 1.29 is 50.4 Å². The van der Waals surface area contributed by atoms with Crippen LogP contribution >= 0.6 is 0 Å². The first-order valence-corrected chi connectivity index (χ1v) is 21.8. The Bertz CT molecular complexity index is 1670. The summed E-state index contributed by atoms with van der Waals surface area (Å²) in [5, 5.41) is 96.8. The number of aliphatic hydroxyl groups excluding tert-OH is 8. The lowest BCUT2D eigenvalue weighted by molar-refractivity contribution is -0.118. The van der Waals surface area contributed by atoms with Crippen molar-refractivity contribution in [2.24, 2.45) is 40.7 Å². The minimum absolute atomic E-state index is 0.0272. The molecule has 2 saturated heterocycles. The van der Waals surface area contributed by atoms with Crippen molar-refractivity contribution >= 4 is 17.6 Å². The van der Waals surface area contributed by atoms with Crippen LogP contribution in [0.15, 0.2) is 71.1 Å². The van der Waals surface area contributed by atoms with Gasteiger partial charge in [0, 0.05) is 29.8 Å². The van der Waals surface area contributed by atoms with Gasteiger partial charge in [0.15, 0.2) is 11.7 Å². The molecule has 0 aromatic rings. The molecule has 0 bridgehead atoms. The van der Waals surface area contributed by atoms with Crippen LogP contribution in [-0.4, -0.2) is 125 Å². The maximum absolute atomic E-state index is 12.8. The third-order valence-electron chi connectivity index (χ3n) is 13.7. The van der Waals surface area contributed by atoms with Crippen LogP contribution in [0.25, 0.3) is 0 Å². The quantitative estimate of drug-likeness (QED) is 0.0224. The number of nitrogens with zero attached hydrogens (tertiary/aromatic N) is 1. The summed E-state index contributed by atoms with van der Waals surface area (Å²) in [6.07, 6.45) is 12.9. The molecule has 4 rings (SSSR count). The maximum Gasteiger partial charge on any atom is 0.258 e. The van der Waals surface area contributed by atoms with E-state index in [1.807, 2.05) is 38.7 Å². The third-order valence-corrected chi connectivity index (χ3v) is 13.7. The molecule has 0 unspecified atom stereocenters. The minimum Gasteiger partial charge on any atom is -0.511 e. The van der Waals surface area contributed by atoms with Gasteiger partial charge in [0.25, 0.3) is 5.91 Å². The Morgan fingerprint density at radius 3 is 2.35 bits per heavy atom. The SMILES string of the molecule is CC1=C[C@@H]2[C@H](O)[C@H](O)CC[C@H]2[C@@](C)(C(O)=C2C(=O)CNC2=O)[C@H]1CC[C@H](C)[C@H](O)/C(C)=C/C[C@@H](O)/C=C/[C@H](C)[C@H](O)/C=C/C[C@H](O)/C=C/C[C@H](O)C[C@@H]1CCCN1C(=N)N. The molecule has 336 valence electrons. The highest BCUT2D eigenvalue weighted by molar-refractivity contribution is 6.25. The van der Waals surface area contributed by atoms with Gasteiger partial charge in [-0.25, -0.2) is 0 Å². The number of guanidine groups is 1. The lowest BCUT2D eigenvalue weighted by Gasteiger charge is -2.54. The van der Waals surface area contributed by atoms with Crippen LogP contribution in [0.4, 0.5) is 0 Å². The molecular formula is C46H72N4O10. The van der Waals surface area contributed by atoms with Gasteiger partial charge in [-0.1, -0.05) is 75.0 Å². The van der Waals surface area contributed by atoms with E-state index in [9.17, 15) is 50.4 Å². The molecule has 3 fully saturated rings. The molecule has 60 heavy (non-hydrogen) atoms. The van der Waals surface area contributed by atoms with E-state index in [1.165, 1.54) is 0 Å². The van der Waals surface area contributed by atoms with Crippen molar-refractivity contribution in [3.63, 3.8) is 0 Å². The summed E-state index contributed by atoms with van der Waals surface area (Å²) >= 11 is 0. The number of Topliss-reactive ketones (excluding diaryl/α,β-unsaturated/α-hetero) is 1. The standard InChI is InChI=1S/C46H72N4O10/c1-26(37(54)13-7-11-31(51)10-6-12-33(53)24-30-9-8-22-50(30)45(47)48)14-17-32(52)18-15-27(2)41(57)28(3)16-19-35-29(4)23-34-36(20-21-38(55)42(34)58)46(35,5)43(59)40-39(56)25-49-44(40)60/h6-7,10,13-15,17,23,26,28,30-38,41-42,51-55,57-59H,8-9,11-12,16,18-22,24-25H2,1-5H3,(H3,47,48)(H,49,60)/b10-6+,13-7+,17-14+,27-15+,43-40?/t26-,28-,30-,31+,32-,33-,34-,35-,36+,37+,38+,41+,42-,46-/m0/s1. The minimum atomic E-state index is -1.08. The lowest BCUT2D eigenvalue weighted by atomic mass is 9.51. The summed E-state index contributed by atoms with van der Waals surface area (Å²) in [5.74, 6) is -3.01. The molecule has 2 heterocycles. The topological polar surface area (TPSA) is 261 Å². The highest BCUT2D eigenvalue weighted by atomic mass is 16.3. The van der Waals surface area contributed by atoms with E-state index in [0.29, 0.717) is 44.1 Å². The fourth-order valence-corrected chi connectivity index (χ4v) is 9.89. The van der Waals surface area contributed by atoms with Gasteiger partial charge in [0.2, 0.25) is 0 Å².